The fourth-order valence-electron chi connectivity index (χ4n) is 4.06. The zero-order valence-electron chi connectivity index (χ0n) is 21.0. The number of imidazole rings is 1. The number of carboxylic acids is 1. The Morgan fingerprint density at radius 3 is 2.50 bits per heavy atom. The van der Waals surface area contributed by atoms with Gasteiger partial charge in [0.15, 0.2) is 5.96 Å². The number of nitrogens with two attached hydrogens (primary N) is 4. The van der Waals surface area contributed by atoms with Crippen molar-refractivity contribution in [2.24, 2.45) is 27.9 Å². The van der Waals surface area contributed by atoms with Gasteiger partial charge in [0.05, 0.1) is 12.4 Å². The van der Waals surface area contributed by atoms with Crippen molar-refractivity contribution in [3.63, 3.8) is 0 Å². The standard InChI is InChI=1S/C22H36N10O6/c23-13(3-1-7-28-22(25)26)18(34)30-14(5-6-17(24)33)20(36)32-8-2-4-16(32)19(35)31-15(21(37)38)9-12-10-27-11-29-12/h10-11,13-16H,1-9,23H2,(H2,24,33)(H,27,29)(H,30,34)(H,31,35)(H,37,38)(H4,25,26,28). The number of rotatable bonds is 15. The van der Waals surface area contributed by atoms with Gasteiger partial charge >= 0.3 is 5.97 Å². The van der Waals surface area contributed by atoms with E-state index in [0.29, 0.717) is 25.0 Å². The van der Waals surface area contributed by atoms with E-state index in [2.05, 4.69) is 25.6 Å². The molecule has 1 fully saturated rings. The maximum absolute atomic E-state index is 13.4. The molecule has 0 spiro atoms. The molecule has 1 aromatic rings. The third kappa shape index (κ3) is 9.34. The summed E-state index contributed by atoms with van der Waals surface area (Å²) in [4.78, 5) is 73.9. The van der Waals surface area contributed by atoms with Crippen LogP contribution in [-0.2, 0) is 30.4 Å². The number of aromatic amines is 1. The monoisotopic (exact) mass is 536 g/mol. The van der Waals surface area contributed by atoms with Crippen LogP contribution in [0.3, 0.4) is 0 Å². The summed E-state index contributed by atoms with van der Waals surface area (Å²) in [6.45, 7) is 0.484. The highest BCUT2D eigenvalue weighted by molar-refractivity contribution is 5.94. The minimum absolute atomic E-state index is 0.0277. The number of nitrogens with zero attached hydrogens (tertiary/aromatic N) is 3. The normalized spacial score (nSPS) is 17.2. The molecule has 1 aliphatic rings. The van der Waals surface area contributed by atoms with E-state index in [1.54, 1.807) is 0 Å². The van der Waals surface area contributed by atoms with Gasteiger partial charge in [-0.25, -0.2) is 9.78 Å². The second-order valence-electron chi connectivity index (χ2n) is 8.99. The third-order valence-corrected chi connectivity index (χ3v) is 6.03. The smallest absolute Gasteiger partial charge is 0.326 e. The van der Waals surface area contributed by atoms with E-state index in [1.807, 2.05) is 0 Å². The van der Waals surface area contributed by atoms with Crippen LogP contribution < -0.4 is 33.6 Å². The Balaban J connectivity index is 2.07. The Kier molecular flexibility index (Phi) is 11.5. The zero-order chi connectivity index (χ0) is 28.2. The predicted octanol–water partition coefficient (Wildman–Crippen LogP) is -3.36. The first-order chi connectivity index (χ1) is 18.0. The number of carbonyl (C=O) groups excluding carboxylic acids is 4. The molecular weight excluding hydrogens is 500 g/mol. The van der Waals surface area contributed by atoms with Crippen LogP contribution in [0.15, 0.2) is 17.5 Å². The maximum Gasteiger partial charge on any atom is 0.326 e. The lowest BCUT2D eigenvalue weighted by molar-refractivity contribution is -0.145. The average Bonchev–Trinajstić information content (AvgIpc) is 3.55. The molecule has 0 radical (unpaired) electrons. The Labute approximate surface area is 219 Å². The van der Waals surface area contributed by atoms with Crippen LogP contribution in [0.4, 0.5) is 0 Å². The molecule has 1 aliphatic heterocycles. The van der Waals surface area contributed by atoms with Gasteiger partial charge in [-0.3, -0.25) is 24.2 Å². The first-order valence-corrected chi connectivity index (χ1v) is 12.2. The largest absolute Gasteiger partial charge is 0.480 e. The van der Waals surface area contributed by atoms with Gasteiger partial charge in [0.25, 0.3) is 0 Å². The highest BCUT2D eigenvalue weighted by atomic mass is 16.4. The number of aromatic nitrogens is 2. The van der Waals surface area contributed by atoms with E-state index in [1.165, 1.54) is 17.4 Å². The van der Waals surface area contributed by atoms with Crippen molar-refractivity contribution < 1.29 is 29.1 Å². The fourth-order valence-corrected chi connectivity index (χ4v) is 4.06. The van der Waals surface area contributed by atoms with Crippen molar-refractivity contribution in [1.29, 1.82) is 0 Å². The molecule has 0 saturated carbocycles. The van der Waals surface area contributed by atoms with Crippen LogP contribution in [0.5, 0.6) is 0 Å². The fraction of sp³-hybridized carbons (Fsp3) is 0.591. The lowest BCUT2D eigenvalue weighted by Crippen LogP contribution is -2.57. The number of hydrogen-bond acceptors (Lipinski definition) is 8. The minimum Gasteiger partial charge on any atom is -0.480 e. The number of hydrogen-bond donors (Lipinski definition) is 8. The second-order valence-corrected chi connectivity index (χ2v) is 8.99. The molecule has 1 aromatic heterocycles. The summed E-state index contributed by atoms with van der Waals surface area (Å²) in [5.41, 5.74) is 22.2. The number of likely N-dealkylation sites (tertiary alicyclic amines) is 1. The number of carboxylic acid groups (broad SMARTS) is 1. The highest BCUT2D eigenvalue weighted by Gasteiger charge is 2.39. The van der Waals surface area contributed by atoms with Crippen LogP contribution in [0, 0.1) is 0 Å². The second kappa shape index (κ2) is 14.5. The van der Waals surface area contributed by atoms with E-state index < -0.39 is 53.8 Å². The molecule has 4 amide bonds. The molecule has 0 aliphatic carbocycles. The number of aliphatic carboxylic acids is 1. The third-order valence-electron chi connectivity index (χ3n) is 6.03. The lowest BCUT2D eigenvalue weighted by Gasteiger charge is -2.30. The van der Waals surface area contributed by atoms with Crippen LogP contribution in [0.25, 0.3) is 0 Å². The van der Waals surface area contributed by atoms with Crippen molar-refractivity contribution in [2.45, 2.75) is 69.1 Å². The number of guanidine groups is 1. The van der Waals surface area contributed by atoms with Gasteiger partial charge in [-0.05, 0) is 32.1 Å². The summed E-state index contributed by atoms with van der Waals surface area (Å²) in [7, 11) is 0. The Hall–Kier alpha value is -4.21. The first kappa shape index (κ1) is 30.0. The summed E-state index contributed by atoms with van der Waals surface area (Å²) in [5, 5.41) is 14.6. The quantitative estimate of drug-likeness (QED) is 0.0626. The topological polar surface area (TPSA) is 278 Å². The lowest BCUT2D eigenvalue weighted by atomic mass is 10.1. The summed E-state index contributed by atoms with van der Waals surface area (Å²) < 4.78 is 0. The zero-order valence-corrected chi connectivity index (χ0v) is 21.0. The number of nitrogens with one attached hydrogen (secondary N) is 3. The average molecular weight is 537 g/mol. The number of H-pyrrole nitrogens is 1. The molecule has 38 heavy (non-hydrogen) atoms. The van der Waals surface area contributed by atoms with Gasteiger partial charge in [-0.15, -0.1) is 0 Å². The van der Waals surface area contributed by atoms with Crippen molar-refractivity contribution >= 4 is 35.6 Å². The Morgan fingerprint density at radius 2 is 1.89 bits per heavy atom. The molecule has 2 rings (SSSR count). The van der Waals surface area contributed by atoms with Crippen LogP contribution in [-0.4, -0.2) is 92.8 Å². The van der Waals surface area contributed by atoms with E-state index >= 15 is 0 Å². The Bertz CT molecular complexity index is 1010. The van der Waals surface area contributed by atoms with Crippen molar-refractivity contribution in [1.82, 2.24) is 25.5 Å². The number of carbonyl (C=O) groups is 5. The molecule has 16 nitrogen and oxygen atoms in total. The Morgan fingerprint density at radius 1 is 1.16 bits per heavy atom. The molecular formula is C22H36N10O6. The van der Waals surface area contributed by atoms with Gasteiger partial charge in [0, 0.05) is 37.8 Å². The minimum atomic E-state index is -1.25. The van der Waals surface area contributed by atoms with Crippen LogP contribution >= 0.6 is 0 Å². The van der Waals surface area contributed by atoms with Crippen molar-refractivity contribution in [2.75, 3.05) is 13.1 Å². The summed E-state index contributed by atoms with van der Waals surface area (Å²) in [6, 6.07) is -4.33. The number of primary amides is 1. The van der Waals surface area contributed by atoms with Crippen LogP contribution in [0.1, 0.15) is 44.2 Å². The van der Waals surface area contributed by atoms with Crippen molar-refractivity contribution in [3.05, 3.63) is 18.2 Å². The van der Waals surface area contributed by atoms with Gasteiger partial charge in [-0.2, -0.15) is 0 Å². The summed E-state index contributed by atoms with van der Waals surface area (Å²) in [6.07, 6.45) is 3.98. The molecule has 210 valence electrons. The van der Waals surface area contributed by atoms with E-state index in [-0.39, 0.29) is 44.7 Å². The molecule has 0 bridgehead atoms. The molecule has 12 N–H and O–H groups in total. The van der Waals surface area contributed by atoms with Crippen molar-refractivity contribution in [3.8, 4) is 0 Å². The maximum atomic E-state index is 13.4. The van der Waals surface area contributed by atoms with Gasteiger partial charge in [-0.1, -0.05) is 0 Å². The molecule has 1 saturated heterocycles. The van der Waals surface area contributed by atoms with Gasteiger partial charge < -0.3 is 48.6 Å². The highest BCUT2D eigenvalue weighted by Crippen LogP contribution is 2.20. The summed E-state index contributed by atoms with van der Waals surface area (Å²) in [5.74, 6) is -3.85. The van der Waals surface area contributed by atoms with Gasteiger partial charge in [0.2, 0.25) is 23.6 Å². The predicted molar refractivity (Wildman–Crippen MR) is 135 cm³/mol. The van der Waals surface area contributed by atoms with E-state index in [4.69, 9.17) is 22.9 Å². The number of aliphatic imine (C=N–C) groups is 1. The first-order valence-electron chi connectivity index (χ1n) is 12.2. The molecule has 0 aromatic carbocycles. The van der Waals surface area contributed by atoms with Crippen LogP contribution in [0.2, 0.25) is 0 Å². The molecule has 16 heteroatoms. The van der Waals surface area contributed by atoms with Gasteiger partial charge in [0.1, 0.15) is 18.1 Å². The molecule has 4 unspecified atom stereocenters. The van der Waals surface area contributed by atoms with E-state index in [9.17, 15) is 29.1 Å². The summed E-state index contributed by atoms with van der Waals surface area (Å²) >= 11 is 0. The number of amides is 4. The molecule has 2 heterocycles. The molecule has 4 atom stereocenters. The van der Waals surface area contributed by atoms with E-state index in [0.717, 1.165) is 0 Å². The SMILES string of the molecule is NC(=O)CCC(NC(=O)C(N)CCCN=C(N)N)C(=O)N1CCCC1C(=O)NC(Cc1cnc[nH]1)C(=O)O.